The second-order valence-corrected chi connectivity index (χ2v) is 7.87. The van der Waals surface area contributed by atoms with Crippen molar-refractivity contribution in [1.29, 1.82) is 0 Å². The van der Waals surface area contributed by atoms with Crippen LogP contribution in [0.3, 0.4) is 0 Å². The highest BCUT2D eigenvalue weighted by Gasteiger charge is 2.31. The Morgan fingerprint density at radius 3 is 2.67 bits per heavy atom. The molecule has 0 spiro atoms. The van der Waals surface area contributed by atoms with Crippen LogP contribution in [0.1, 0.15) is 27.9 Å². The number of hydrogen-bond acceptors (Lipinski definition) is 6. The molecule has 0 unspecified atom stereocenters. The zero-order chi connectivity index (χ0) is 24.2. The molecule has 33 heavy (non-hydrogen) atoms. The van der Waals surface area contributed by atoms with Crippen molar-refractivity contribution in [2.75, 3.05) is 37.7 Å². The predicted molar refractivity (Wildman–Crippen MR) is 118 cm³/mol. The summed E-state index contributed by atoms with van der Waals surface area (Å²) in [6.45, 7) is 1.63. The van der Waals surface area contributed by atoms with E-state index in [0.717, 1.165) is 30.7 Å². The van der Waals surface area contributed by atoms with Crippen LogP contribution < -0.4 is 21.7 Å². The number of nitrogens with two attached hydrogens (primary N) is 1. The minimum atomic E-state index is -4.61. The third-order valence-electron chi connectivity index (χ3n) is 5.41. The first-order valence-electron chi connectivity index (χ1n) is 10.3. The smallest absolute Gasteiger partial charge is 0.416 e. The van der Waals surface area contributed by atoms with Gasteiger partial charge in [0.15, 0.2) is 0 Å². The molecule has 1 atom stereocenters. The summed E-state index contributed by atoms with van der Waals surface area (Å²) in [6.07, 6.45) is -3.89. The fraction of sp³-hybridized carbons (Fsp3) is 0.364. The number of nitrogens with zero attached hydrogens (tertiary/aromatic N) is 1. The number of halogens is 3. The summed E-state index contributed by atoms with van der Waals surface area (Å²) in [5, 5.41) is 17.8. The Kier molecular flexibility index (Phi) is 7.32. The minimum absolute atomic E-state index is 0.108. The summed E-state index contributed by atoms with van der Waals surface area (Å²) in [4.78, 5) is 26.6. The Hall–Kier alpha value is -3.47. The van der Waals surface area contributed by atoms with Gasteiger partial charge < -0.3 is 26.8 Å². The average Bonchev–Trinajstić information content (AvgIpc) is 3.19. The predicted octanol–water partition coefficient (Wildman–Crippen LogP) is 2.16. The maximum atomic E-state index is 12.9. The topological polar surface area (TPSA) is 120 Å². The molecule has 8 nitrogen and oxygen atoms in total. The van der Waals surface area contributed by atoms with Crippen molar-refractivity contribution >= 4 is 23.2 Å². The maximum Gasteiger partial charge on any atom is 0.416 e. The number of hydrogen-bond donors (Lipinski definition) is 5. The van der Waals surface area contributed by atoms with Gasteiger partial charge in [0.05, 0.1) is 23.4 Å². The molecule has 2 aromatic rings. The van der Waals surface area contributed by atoms with E-state index in [2.05, 4.69) is 20.9 Å². The van der Waals surface area contributed by atoms with Crippen LogP contribution in [0.15, 0.2) is 36.4 Å². The fourth-order valence-corrected chi connectivity index (χ4v) is 3.70. The molecule has 0 aliphatic carbocycles. The number of benzene rings is 2. The molecule has 1 saturated heterocycles. The molecule has 2 aromatic carbocycles. The molecule has 0 saturated carbocycles. The first-order chi connectivity index (χ1) is 15.6. The van der Waals surface area contributed by atoms with Crippen molar-refractivity contribution in [2.45, 2.75) is 25.2 Å². The molecule has 1 aliphatic rings. The van der Waals surface area contributed by atoms with Gasteiger partial charge in [0.2, 0.25) is 5.91 Å². The largest absolute Gasteiger partial charge is 0.506 e. The molecule has 1 aliphatic heterocycles. The van der Waals surface area contributed by atoms with E-state index in [1.807, 2.05) is 12.1 Å². The number of carbonyl (C=O) groups excluding carboxylic acids is 2. The van der Waals surface area contributed by atoms with Crippen molar-refractivity contribution < 1.29 is 27.9 Å². The summed E-state index contributed by atoms with van der Waals surface area (Å²) in [7, 11) is 1.72. The molecule has 1 heterocycles. The number of rotatable bonds is 7. The van der Waals surface area contributed by atoms with Crippen molar-refractivity contribution in [3.8, 4) is 5.75 Å². The van der Waals surface area contributed by atoms with E-state index in [9.17, 15) is 27.9 Å². The molecule has 2 amide bonds. The van der Waals surface area contributed by atoms with Crippen LogP contribution in [0.5, 0.6) is 5.75 Å². The highest BCUT2D eigenvalue weighted by molar-refractivity contribution is 6.00. The van der Waals surface area contributed by atoms with E-state index in [-0.39, 0.29) is 29.6 Å². The molecule has 1 fully saturated rings. The molecular weight excluding hydrogens is 439 g/mol. The van der Waals surface area contributed by atoms with Gasteiger partial charge in [-0.3, -0.25) is 14.5 Å². The first-order valence-corrected chi connectivity index (χ1v) is 10.3. The normalized spacial score (nSPS) is 16.4. The van der Waals surface area contributed by atoms with Crippen molar-refractivity contribution in [3.05, 3.63) is 53.1 Å². The zero-order valence-corrected chi connectivity index (χ0v) is 18.0. The van der Waals surface area contributed by atoms with Crippen LogP contribution >= 0.6 is 0 Å². The lowest BCUT2D eigenvalue weighted by Gasteiger charge is -2.18. The Bertz CT molecular complexity index is 1030. The number of amides is 2. The highest BCUT2D eigenvalue weighted by Crippen LogP contribution is 2.31. The van der Waals surface area contributed by atoms with Gasteiger partial charge in [0, 0.05) is 38.4 Å². The molecule has 0 aromatic heterocycles. The third-order valence-corrected chi connectivity index (χ3v) is 5.41. The number of alkyl halides is 3. The summed E-state index contributed by atoms with van der Waals surface area (Å²) in [6, 6.07) is 7.67. The van der Waals surface area contributed by atoms with Crippen LogP contribution in [0.4, 0.5) is 24.5 Å². The van der Waals surface area contributed by atoms with E-state index in [1.54, 1.807) is 13.1 Å². The Morgan fingerprint density at radius 1 is 1.21 bits per heavy atom. The summed E-state index contributed by atoms with van der Waals surface area (Å²) >= 11 is 0. The second kappa shape index (κ2) is 9.99. The third kappa shape index (κ3) is 6.28. The van der Waals surface area contributed by atoms with Gasteiger partial charge in [-0.05, 0) is 42.3 Å². The molecule has 0 radical (unpaired) electrons. The molecular formula is C22H26F3N5O3. The highest BCUT2D eigenvalue weighted by atomic mass is 19.4. The standard InChI is InChI=1S/C22H26F3N5O3/c1-27-18-8-13(2-5-19(18)31)11-30-7-6-15(12-30)29-20(32)10-28-21(33)16-9-14(22(23,24)25)3-4-17(16)26/h2-5,8-9,15,27,31H,6-7,10-12,26H2,1H3,(H,28,33)(H,29,32)/t15-/m1/s1. The second-order valence-electron chi connectivity index (χ2n) is 7.87. The molecule has 3 rings (SSSR count). The van der Waals surface area contributed by atoms with Gasteiger partial charge in [-0.15, -0.1) is 0 Å². The van der Waals surface area contributed by atoms with E-state index in [4.69, 9.17) is 5.73 Å². The first kappa shape index (κ1) is 24.2. The summed E-state index contributed by atoms with van der Waals surface area (Å²) in [5.74, 6) is -1.13. The number of nitrogen functional groups attached to an aromatic ring is 1. The molecule has 178 valence electrons. The summed E-state index contributed by atoms with van der Waals surface area (Å²) < 4.78 is 38.6. The number of phenolic OH excluding ortho intramolecular Hbond substituents is 1. The number of likely N-dealkylation sites (tertiary alicyclic amines) is 1. The Labute approximate surface area is 188 Å². The number of aromatic hydroxyl groups is 1. The lowest BCUT2D eigenvalue weighted by Crippen LogP contribution is -2.43. The fourth-order valence-electron chi connectivity index (χ4n) is 3.70. The molecule has 11 heteroatoms. The maximum absolute atomic E-state index is 12.9. The lowest BCUT2D eigenvalue weighted by molar-refractivity contribution is -0.137. The Balaban J connectivity index is 1.48. The van der Waals surface area contributed by atoms with Gasteiger partial charge >= 0.3 is 6.18 Å². The number of carbonyl (C=O) groups is 2. The van der Waals surface area contributed by atoms with E-state index < -0.39 is 23.6 Å². The van der Waals surface area contributed by atoms with Gasteiger partial charge in [-0.25, -0.2) is 0 Å². The van der Waals surface area contributed by atoms with Crippen LogP contribution in [0.25, 0.3) is 0 Å². The van der Waals surface area contributed by atoms with Crippen LogP contribution in [0, 0.1) is 0 Å². The lowest BCUT2D eigenvalue weighted by atomic mass is 10.1. The van der Waals surface area contributed by atoms with Gasteiger partial charge in [-0.1, -0.05) is 6.07 Å². The van der Waals surface area contributed by atoms with Gasteiger partial charge in [0.1, 0.15) is 5.75 Å². The van der Waals surface area contributed by atoms with Crippen molar-refractivity contribution in [1.82, 2.24) is 15.5 Å². The quantitative estimate of drug-likeness (QED) is 0.316. The van der Waals surface area contributed by atoms with E-state index in [0.29, 0.717) is 24.8 Å². The minimum Gasteiger partial charge on any atom is -0.506 e. The number of phenols is 1. The summed E-state index contributed by atoms with van der Waals surface area (Å²) in [5.41, 5.74) is 5.83. The Morgan fingerprint density at radius 2 is 1.97 bits per heavy atom. The van der Waals surface area contributed by atoms with Gasteiger partial charge in [0.25, 0.3) is 5.91 Å². The van der Waals surface area contributed by atoms with E-state index >= 15 is 0 Å². The monoisotopic (exact) mass is 465 g/mol. The van der Waals surface area contributed by atoms with Crippen LogP contribution in [-0.4, -0.2) is 54.5 Å². The van der Waals surface area contributed by atoms with Crippen LogP contribution in [0.2, 0.25) is 0 Å². The average molecular weight is 465 g/mol. The number of nitrogens with one attached hydrogen (secondary N) is 3. The molecule has 0 bridgehead atoms. The van der Waals surface area contributed by atoms with Crippen molar-refractivity contribution in [3.63, 3.8) is 0 Å². The SMILES string of the molecule is CNc1cc(CN2CC[C@@H](NC(=O)CNC(=O)c3cc(C(F)(F)F)ccc3N)C2)ccc1O. The van der Waals surface area contributed by atoms with Crippen LogP contribution in [-0.2, 0) is 17.5 Å². The van der Waals surface area contributed by atoms with Crippen molar-refractivity contribution in [2.24, 2.45) is 0 Å². The van der Waals surface area contributed by atoms with Gasteiger partial charge in [-0.2, -0.15) is 13.2 Å². The van der Waals surface area contributed by atoms with E-state index in [1.165, 1.54) is 0 Å². The number of anilines is 2. The molecule has 6 N–H and O–H groups in total. The zero-order valence-electron chi connectivity index (χ0n) is 18.0.